The van der Waals surface area contributed by atoms with E-state index in [0.29, 0.717) is 30.8 Å². The van der Waals surface area contributed by atoms with Crippen LogP contribution >= 0.6 is 0 Å². The number of aliphatic carboxylic acids is 2. The number of nitrogens with one attached hydrogen (secondary N) is 3. The number of carbonyl (C=O) groups excluding carboxylic acids is 1. The van der Waals surface area contributed by atoms with Crippen molar-refractivity contribution in [2.24, 2.45) is 5.92 Å². The van der Waals surface area contributed by atoms with Crippen LogP contribution in [0.4, 0.5) is 11.8 Å². The van der Waals surface area contributed by atoms with Crippen LogP contribution in [0.1, 0.15) is 44.1 Å². The van der Waals surface area contributed by atoms with Gasteiger partial charge in [-0.2, -0.15) is 4.98 Å². The predicted molar refractivity (Wildman–Crippen MR) is 99.9 cm³/mol. The Bertz CT molecular complexity index is 793. The van der Waals surface area contributed by atoms with Gasteiger partial charge in [-0.3, -0.25) is 19.4 Å². The van der Waals surface area contributed by atoms with E-state index >= 15 is 0 Å². The molecule has 0 aliphatic carbocycles. The molecule has 1 aliphatic rings. The Morgan fingerprint density at radius 3 is 2.68 bits per heavy atom. The van der Waals surface area contributed by atoms with Gasteiger partial charge in [-0.1, -0.05) is 6.42 Å². The van der Waals surface area contributed by atoms with Crippen LogP contribution in [0, 0.1) is 5.92 Å². The molecule has 28 heavy (non-hydrogen) atoms. The highest BCUT2D eigenvalue weighted by molar-refractivity contribution is 5.83. The highest BCUT2D eigenvalue weighted by Gasteiger charge is 2.23. The first kappa shape index (κ1) is 21.2. The summed E-state index contributed by atoms with van der Waals surface area (Å²) in [5.74, 6) is -1.96. The summed E-state index contributed by atoms with van der Waals surface area (Å²) in [5, 5.41) is 23.1. The molecule has 0 saturated heterocycles. The first-order valence-electron chi connectivity index (χ1n) is 9.12. The molecule has 2 rings (SSSR count). The second-order valence-electron chi connectivity index (χ2n) is 6.87. The zero-order valence-corrected chi connectivity index (χ0v) is 15.4. The molecule has 2 heterocycles. The van der Waals surface area contributed by atoms with E-state index in [1.165, 1.54) is 0 Å². The van der Waals surface area contributed by atoms with Crippen LogP contribution in [-0.4, -0.2) is 50.6 Å². The van der Waals surface area contributed by atoms with Gasteiger partial charge in [0.1, 0.15) is 11.9 Å². The van der Waals surface area contributed by atoms with Crippen molar-refractivity contribution in [1.29, 1.82) is 0 Å². The van der Waals surface area contributed by atoms with E-state index < -0.39 is 23.9 Å². The molecule has 0 saturated carbocycles. The Kier molecular flexibility index (Phi) is 7.36. The van der Waals surface area contributed by atoms with Crippen LogP contribution < -0.4 is 21.9 Å². The quantitative estimate of drug-likeness (QED) is 0.295. The molecule has 11 nitrogen and oxygen atoms in total. The number of H-pyrrole nitrogens is 1. The fourth-order valence-corrected chi connectivity index (χ4v) is 3.17. The fraction of sp³-hybridized carbons (Fsp3) is 0.588. The maximum absolute atomic E-state index is 11.9. The first-order chi connectivity index (χ1) is 13.3. The molecule has 11 heteroatoms. The molecule has 1 aliphatic heterocycles. The predicted octanol–water partition coefficient (Wildman–Crippen LogP) is -0.0691. The summed E-state index contributed by atoms with van der Waals surface area (Å²) < 4.78 is 0. The number of unbranched alkanes of at least 4 members (excludes halogenated alkanes) is 1. The van der Waals surface area contributed by atoms with Crippen molar-refractivity contribution in [1.82, 2.24) is 15.3 Å². The second kappa shape index (κ2) is 9.72. The van der Waals surface area contributed by atoms with E-state index in [1.54, 1.807) is 0 Å². The third-order valence-corrected chi connectivity index (χ3v) is 4.63. The lowest BCUT2D eigenvalue weighted by molar-refractivity contribution is -0.143. The minimum atomic E-state index is -1.25. The second-order valence-corrected chi connectivity index (χ2v) is 6.87. The Balaban J connectivity index is 1.72. The summed E-state index contributed by atoms with van der Waals surface area (Å²) in [6, 6.07) is -1.20. The number of fused-ring (bicyclic) bond motifs is 1. The van der Waals surface area contributed by atoms with Crippen LogP contribution in [0.3, 0.4) is 0 Å². The molecule has 1 aromatic rings. The third-order valence-electron chi connectivity index (χ3n) is 4.63. The summed E-state index contributed by atoms with van der Waals surface area (Å²) >= 11 is 0. The summed E-state index contributed by atoms with van der Waals surface area (Å²) in [4.78, 5) is 52.0. The minimum Gasteiger partial charge on any atom is -0.481 e. The van der Waals surface area contributed by atoms with Crippen LogP contribution in [0.5, 0.6) is 0 Å². The van der Waals surface area contributed by atoms with Crippen LogP contribution in [0.25, 0.3) is 0 Å². The van der Waals surface area contributed by atoms with Crippen molar-refractivity contribution in [2.75, 3.05) is 17.6 Å². The largest absolute Gasteiger partial charge is 0.481 e. The van der Waals surface area contributed by atoms with Crippen LogP contribution in [0.2, 0.25) is 0 Å². The molecule has 1 aromatic heterocycles. The number of aromatic amines is 1. The van der Waals surface area contributed by atoms with Gasteiger partial charge in [0, 0.05) is 19.4 Å². The number of amides is 1. The third kappa shape index (κ3) is 6.25. The number of carboxylic acids is 2. The number of nitrogen functional groups attached to an aromatic ring is 1. The molecule has 0 fully saturated rings. The van der Waals surface area contributed by atoms with Crippen molar-refractivity contribution < 1.29 is 24.6 Å². The van der Waals surface area contributed by atoms with Gasteiger partial charge in [0.05, 0.1) is 5.56 Å². The number of rotatable bonds is 10. The van der Waals surface area contributed by atoms with Gasteiger partial charge in [0.15, 0.2) is 0 Å². The molecule has 1 amide bonds. The van der Waals surface area contributed by atoms with Gasteiger partial charge in [-0.05, 0) is 31.6 Å². The lowest BCUT2D eigenvalue weighted by Gasteiger charge is -2.24. The number of carboxylic acid groups (broad SMARTS) is 2. The van der Waals surface area contributed by atoms with Gasteiger partial charge in [-0.15, -0.1) is 0 Å². The Hall–Kier alpha value is -3.11. The molecule has 7 N–H and O–H groups in total. The van der Waals surface area contributed by atoms with E-state index in [2.05, 4.69) is 20.6 Å². The standard InChI is InChI=1S/C17H25N5O6/c18-17-21-14-10(15(26)22-17)7-9(8-19-14)3-1-2-4-12(23)20-11(16(27)28)5-6-13(24)25/h9,11H,1-8H2,(H,20,23)(H,24,25)(H,27,28)(H4,18,19,21,22,26)/t9?,11-/m0/s1. The zero-order chi connectivity index (χ0) is 20.7. The lowest BCUT2D eigenvalue weighted by Crippen LogP contribution is -2.41. The van der Waals surface area contributed by atoms with E-state index in [0.717, 1.165) is 12.8 Å². The molecule has 154 valence electrons. The zero-order valence-electron chi connectivity index (χ0n) is 15.4. The number of nitrogens with two attached hydrogens (primary N) is 1. The normalized spacial score (nSPS) is 16.5. The van der Waals surface area contributed by atoms with E-state index in [-0.39, 0.29) is 36.7 Å². The first-order valence-corrected chi connectivity index (χ1v) is 9.12. The molecule has 1 unspecified atom stereocenters. The van der Waals surface area contributed by atoms with Gasteiger partial charge in [0.25, 0.3) is 5.56 Å². The van der Waals surface area contributed by atoms with Crippen molar-refractivity contribution in [2.45, 2.75) is 51.0 Å². The number of aromatic nitrogens is 2. The summed E-state index contributed by atoms with van der Waals surface area (Å²) in [6.07, 6.45) is 2.35. The van der Waals surface area contributed by atoms with Crippen molar-refractivity contribution >= 4 is 29.6 Å². The average molecular weight is 395 g/mol. The highest BCUT2D eigenvalue weighted by atomic mass is 16.4. The maximum Gasteiger partial charge on any atom is 0.326 e. The molecule has 0 radical (unpaired) electrons. The van der Waals surface area contributed by atoms with Crippen molar-refractivity contribution in [3.8, 4) is 0 Å². The topological polar surface area (TPSA) is 187 Å². The van der Waals surface area contributed by atoms with Gasteiger partial charge < -0.3 is 26.6 Å². The van der Waals surface area contributed by atoms with E-state index in [4.69, 9.17) is 15.9 Å². The number of hydrogen-bond donors (Lipinski definition) is 6. The highest BCUT2D eigenvalue weighted by Crippen LogP contribution is 2.23. The number of hydrogen-bond acceptors (Lipinski definition) is 7. The fourth-order valence-electron chi connectivity index (χ4n) is 3.17. The van der Waals surface area contributed by atoms with Crippen molar-refractivity contribution in [3.63, 3.8) is 0 Å². The number of anilines is 2. The molecular weight excluding hydrogens is 370 g/mol. The summed E-state index contributed by atoms with van der Waals surface area (Å²) in [5.41, 5.74) is 5.85. The Labute approximate surface area is 160 Å². The monoisotopic (exact) mass is 395 g/mol. The molecule has 0 spiro atoms. The minimum absolute atomic E-state index is 0.0729. The van der Waals surface area contributed by atoms with Crippen LogP contribution in [-0.2, 0) is 20.8 Å². The molecule has 0 aromatic carbocycles. The van der Waals surface area contributed by atoms with E-state index in [9.17, 15) is 19.2 Å². The summed E-state index contributed by atoms with van der Waals surface area (Å²) in [6.45, 7) is 0.658. The van der Waals surface area contributed by atoms with Gasteiger partial charge >= 0.3 is 11.9 Å². The lowest BCUT2D eigenvalue weighted by atomic mass is 9.91. The number of nitrogens with zero attached hydrogens (tertiary/aromatic N) is 1. The van der Waals surface area contributed by atoms with Gasteiger partial charge in [0.2, 0.25) is 11.9 Å². The van der Waals surface area contributed by atoms with Crippen LogP contribution in [0.15, 0.2) is 4.79 Å². The Morgan fingerprint density at radius 2 is 2.00 bits per heavy atom. The smallest absolute Gasteiger partial charge is 0.326 e. The number of carbonyl (C=O) groups is 3. The van der Waals surface area contributed by atoms with Gasteiger partial charge in [-0.25, -0.2) is 4.79 Å². The molecule has 0 bridgehead atoms. The van der Waals surface area contributed by atoms with Crippen molar-refractivity contribution in [3.05, 3.63) is 15.9 Å². The van der Waals surface area contributed by atoms with E-state index in [1.807, 2.05) is 0 Å². The Morgan fingerprint density at radius 1 is 1.25 bits per heavy atom. The SMILES string of the molecule is Nc1nc2c(c(=O)[nH]1)CC(CCCCC(=O)N[C@@H](CCC(=O)O)C(=O)O)CN2. The molecular formula is C17H25N5O6. The average Bonchev–Trinajstić information content (AvgIpc) is 2.62. The summed E-state index contributed by atoms with van der Waals surface area (Å²) in [7, 11) is 0. The molecule has 2 atom stereocenters. The maximum atomic E-state index is 11.9.